The summed E-state index contributed by atoms with van der Waals surface area (Å²) in [5.41, 5.74) is 2.83. The standard InChI is InChI=1S/C31H26N2O6/c1-33-21(11-6-10-19-8-4-3-5-9-19)17-26(34)23-16-20(14-15-25(23)33)30(36)32-24-13-7-12-22-27(35)18-28(31(37)38-2)39-29(22)24/h3-5,7-9,12-18H,6,10-11H2,1-2H3,(H,32,36). The number of para-hydroxylation sites is 1. The van der Waals surface area contributed by atoms with Crippen LogP contribution in [0, 0.1) is 0 Å². The van der Waals surface area contributed by atoms with E-state index in [1.165, 1.54) is 18.7 Å². The molecule has 0 saturated heterocycles. The van der Waals surface area contributed by atoms with Crippen molar-refractivity contribution < 1.29 is 18.7 Å². The fraction of sp³-hybridized carbons (Fsp3) is 0.161. The van der Waals surface area contributed by atoms with Gasteiger partial charge in [-0.3, -0.25) is 14.4 Å². The van der Waals surface area contributed by atoms with Gasteiger partial charge in [-0.1, -0.05) is 36.4 Å². The van der Waals surface area contributed by atoms with E-state index in [1.54, 1.807) is 36.4 Å². The van der Waals surface area contributed by atoms with Gasteiger partial charge in [-0.15, -0.1) is 0 Å². The fourth-order valence-electron chi connectivity index (χ4n) is 4.68. The van der Waals surface area contributed by atoms with Gasteiger partial charge >= 0.3 is 5.97 Å². The normalized spacial score (nSPS) is 11.0. The van der Waals surface area contributed by atoms with E-state index in [0.717, 1.165) is 36.5 Å². The van der Waals surface area contributed by atoms with Gasteiger partial charge in [-0.05, 0) is 55.2 Å². The first-order valence-corrected chi connectivity index (χ1v) is 12.5. The Morgan fingerprint density at radius 3 is 2.41 bits per heavy atom. The van der Waals surface area contributed by atoms with E-state index in [9.17, 15) is 19.2 Å². The molecule has 0 bridgehead atoms. The van der Waals surface area contributed by atoms with E-state index >= 15 is 0 Å². The van der Waals surface area contributed by atoms with Gasteiger partial charge in [-0.25, -0.2) is 4.79 Å². The summed E-state index contributed by atoms with van der Waals surface area (Å²) in [5, 5.41) is 3.36. The quantitative estimate of drug-likeness (QED) is 0.306. The minimum absolute atomic E-state index is 0.0515. The number of nitrogens with zero attached hydrogens (tertiary/aromatic N) is 1. The minimum Gasteiger partial charge on any atom is -0.463 e. The molecule has 2 aromatic heterocycles. The number of hydrogen-bond donors (Lipinski definition) is 1. The third kappa shape index (κ3) is 5.22. The molecule has 5 aromatic rings. The van der Waals surface area contributed by atoms with E-state index in [1.807, 2.05) is 29.8 Å². The third-order valence-electron chi connectivity index (χ3n) is 6.74. The van der Waals surface area contributed by atoms with Crippen LogP contribution in [0.15, 0.2) is 92.9 Å². The highest BCUT2D eigenvalue weighted by atomic mass is 16.5. The topological polar surface area (TPSA) is 108 Å². The number of nitrogens with one attached hydrogen (secondary N) is 1. The summed E-state index contributed by atoms with van der Waals surface area (Å²) in [6.07, 6.45) is 2.57. The van der Waals surface area contributed by atoms with E-state index in [4.69, 9.17) is 4.42 Å². The number of benzene rings is 3. The molecule has 5 rings (SSSR count). The molecule has 2 heterocycles. The lowest BCUT2D eigenvalue weighted by Crippen LogP contribution is -2.16. The van der Waals surface area contributed by atoms with Crippen molar-refractivity contribution in [3.8, 4) is 0 Å². The van der Waals surface area contributed by atoms with Crippen molar-refractivity contribution in [2.45, 2.75) is 19.3 Å². The molecule has 1 amide bonds. The number of hydrogen-bond acceptors (Lipinski definition) is 6. The average molecular weight is 523 g/mol. The van der Waals surface area contributed by atoms with Crippen molar-refractivity contribution in [2.75, 3.05) is 12.4 Å². The highest BCUT2D eigenvalue weighted by Gasteiger charge is 2.17. The molecule has 1 N–H and O–H groups in total. The average Bonchev–Trinajstić information content (AvgIpc) is 2.95. The minimum atomic E-state index is -0.806. The number of carbonyl (C=O) groups excluding carboxylic acids is 2. The Morgan fingerprint density at radius 1 is 0.872 bits per heavy atom. The number of ether oxygens (including phenoxy) is 1. The Balaban J connectivity index is 1.41. The van der Waals surface area contributed by atoms with E-state index in [0.29, 0.717) is 5.39 Å². The van der Waals surface area contributed by atoms with Crippen LogP contribution in [-0.2, 0) is 24.6 Å². The van der Waals surface area contributed by atoms with Crippen LogP contribution >= 0.6 is 0 Å². The fourth-order valence-corrected chi connectivity index (χ4v) is 4.68. The summed E-state index contributed by atoms with van der Waals surface area (Å²) in [5.74, 6) is -1.57. The highest BCUT2D eigenvalue weighted by Crippen LogP contribution is 2.24. The molecule has 0 aliphatic rings. The molecule has 0 aliphatic carbocycles. The Kier molecular flexibility index (Phi) is 7.10. The molecule has 0 aliphatic heterocycles. The van der Waals surface area contributed by atoms with Crippen LogP contribution < -0.4 is 16.2 Å². The number of aromatic nitrogens is 1. The lowest BCUT2D eigenvalue weighted by molar-refractivity contribution is 0.0565. The lowest BCUT2D eigenvalue weighted by atomic mass is 10.0. The molecule has 0 saturated carbocycles. The maximum absolute atomic E-state index is 13.2. The van der Waals surface area contributed by atoms with Crippen LogP contribution in [0.4, 0.5) is 5.69 Å². The molecule has 8 nitrogen and oxygen atoms in total. The van der Waals surface area contributed by atoms with Gasteiger partial charge in [0.25, 0.3) is 5.91 Å². The summed E-state index contributed by atoms with van der Waals surface area (Å²) in [7, 11) is 3.09. The van der Waals surface area contributed by atoms with Gasteiger partial charge in [0.1, 0.15) is 0 Å². The summed E-state index contributed by atoms with van der Waals surface area (Å²) in [6, 6.07) is 22.5. The van der Waals surface area contributed by atoms with Crippen LogP contribution in [0.5, 0.6) is 0 Å². The zero-order chi connectivity index (χ0) is 27.5. The number of esters is 1. The molecular formula is C31H26N2O6. The second-order valence-electron chi connectivity index (χ2n) is 9.23. The van der Waals surface area contributed by atoms with Crippen molar-refractivity contribution in [1.82, 2.24) is 4.57 Å². The first-order chi connectivity index (χ1) is 18.9. The van der Waals surface area contributed by atoms with Gasteiger partial charge in [0.15, 0.2) is 16.4 Å². The lowest BCUT2D eigenvalue weighted by Gasteiger charge is -2.14. The van der Waals surface area contributed by atoms with Crippen LogP contribution in [0.25, 0.3) is 21.9 Å². The van der Waals surface area contributed by atoms with E-state index in [-0.39, 0.29) is 33.4 Å². The summed E-state index contributed by atoms with van der Waals surface area (Å²) < 4.78 is 12.2. The maximum atomic E-state index is 13.2. The Hall–Kier alpha value is -4.98. The third-order valence-corrected chi connectivity index (χ3v) is 6.74. The Labute approximate surface area is 223 Å². The Morgan fingerprint density at radius 2 is 1.64 bits per heavy atom. The summed E-state index contributed by atoms with van der Waals surface area (Å²) >= 11 is 0. The van der Waals surface area contributed by atoms with Crippen LogP contribution in [0.1, 0.15) is 38.6 Å². The zero-order valence-electron chi connectivity index (χ0n) is 21.5. The second-order valence-corrected chi connectivity index (χ2v) is 9.23. The second kappa shape index (κ2) is 10.8. The maximum Gasteiger partial charge on any atom is 0.374 e. The van der Waals surface area contributed by atoms with Gasteiger partial charge in [0, 0.05) is 35.8 Å². The number of rotatable bonds is 7. The van der Waals surface area contributed by atoms with Crippen molar-refractivity contribution in [2.24, 2.45) is 7.05 Å². The summed E-state index contributed by atoms with van der Waals surface area (Å²) in [6.45, 7) is 0. The number of amides is 1. The van der Waals surface area contributed by atoms with Gasteiger partial charge in [0.2, 0.25) is 5.76 Å². The summed E-state index contributed by atoms with van der Waals surface area (Å²) in [4.78, 5) is 50.6. The monoisotopic (exact) mass is 522 g/mol. The number of fused-ring (bicyclic) bond motifs is 2. The van der Waals surface area contributed by atoms with Gasteiger partial charge in [0.05, 0.1) is 23.7 Å². The molecule has 0 radical (unpaired) electrons. The number of carbonyl (C=O) groups is 2. The van der Waals surface area contributed by atoms with Gasteiger partial charge < -0.3 is 19.0 Å². The van der Waals surface area contributed by atoms with E-state index in [2.05, 4.69) is 22.2 Å². The first kappa shape index (κ1) is 25.7. The van der Waals surface area contributed by atoms with Crippen molar-refractivity contribution in [3.63, 3.8) is 0 Å². The van der Waals surface area contributed by atoms with Crippen LogP contribution in [-0.4, -0.2) is 23.6 Å². The molecule has 0 fully saturated rings. The Bertz CT molecular complexity index is 1840. The molecule has 8 heteroatoms. The van der Waals surface area contributed by atoms with E-state index < -0.39 is 17.3 Å². The molecular weight excluding hydrogens is 496 g/mol. The number of pyridine rings is 1. The predicted molar refractivity (Wildman–Crippen MR) is 149 cm³/mol. The van der Waals surface area contributed by atoms with Crippen LogP contribution in [0.3, 0.4) is 0 Å². The van der Waals surface area contributed by atoms with Crippen molar-refractivity contribution >= 4 is 39.4 Å². The predicted octanol–water partition coefficient (Wildman–Crippen LogP) is 4.86. The SMILES string of the molecule is COC(=O)c1cc(=O)c2cccc(NC(=O)c3ccc4c(c3)c(=O)cc(CCCc3ccccc3)n4C)c2o1. The van der Waals surface area contributed by atoms with Crippen LogP contribution in [0.2, 0.25) is 0 Å². The molecule has 3 aromatic carbocycles. The molecule has 0 spiro atoms. The number of aryl methyl sites for hydroxylation is 3. The highest BCUT2D eigenvalue weighted by molar-refractivity contribution is 6.09. The number of anilines is 1. The molecule has 39 heavy (non-hydrogen) atoms. The molecule has 196 valence electrons. The molecule has 0 unspecified atom stereocenters. The smallest absolute Gasteiger partial charge is 0.374 e. The number of methoxy groups -OCH3 is 1. The van der Waals surface area contributed by atoms with Crippen molar-refractivity contribution in [3.05, 3.63) is 122 Å². The molecule has 0 atom stereocenters. The zero-order valence-corrected chi connectivity index (χ0v) is 21.5. The first-order valence-electron chi connectivity index (χ1n) is 12.5. The van der Waals surface area contributed by atoms with Gasteiger partial charge in [-0.2, -0.15) is 0 Å². The largest absolute Gasteiger partial charge is 0.463 e. The van der Waals surface area contributed by atoms with Crippen molar-refractivity contribution in [1.29, 1.82) is 0 Å².